The fourth-order valence-corrected chi connectivity index (χ4v) is 12.2. The van der Waals surface area contributed by atoms with E-state index in [2.05, 4.69) is 229 Å². The van der Waals surface area contributed by atoms with Crippen LogP contribution in [0.3, 0.4) is 0 Å². The smallest absolute Gasteiger partial charge is 0.160 e. The van der Waals surface area contributed by atoms with Crippen molar-refractivity contribution in [3.05, 3.63) is 276 Å². The minimum absolute atomic E-state index is 0.0216. The number of hydrogen-bond acceptors (Lipinski definition) is 6. The van der Waals surface area contributed by atoms with Crippen LogP contribution in [0.4, 0.5) is 0 Å². The first kappa shape index (κ1) is 45.5. The molecule has 0 saturated carbocycles. The molecule has 0 spiro atoms. The van der Waals surface area contributed by atoms with Crippen LogP contribution in [0.25, 0.3) is 101 Å². The van der Waals surface area contributed by atoms with Crippen LogP contribution in [0.15, 0.2) is 231 Å². The monoisotopic (exact) mass is 1000 g/mol. The summed E-state index contributed by atoms with van der Waals surface area (Å²) in [7, 11) is 0. The van der Waals surface area contributed by atoms with Crippen molar-refractivity contribution in [1.82, 2.24) is 39.0 Å². The Bertz CT molecular complexity index is 4170. The van der Waals surface area contributed by atoms with Crippen molar-refractivity contribution in [1.29, 1.82) is 0 Å². The maximum absolute atomic E-state index is 5.36. The number of rotatable bonds is 10. The summed E-state index contributed by atoms with van der Waals surface area (Å²) in [6.45, 7) is 4.31. The highest BCUT2D eigenvalue weighted by Gasteiger charge is 2.41. The predicted octanol–water partition coefficient (Wildman–Crippen LogP) is 16.1. The molecule has 0 N–H and O–H groups in total. The molecule has 0 fully saturated rings. The van der Waals surface area contributed by atoms with Gasteiger partial charge in [-0.15, -0.1) is 0 Å². The van der Waals surface area contributed by atoms with Gasteiger partial charge < -0.3 is 0 Å². The molecular formula is C70H50N8. The average Bonchev–Trinajstić information content (AvgIpc) is 4.20. The summed E-state index contributed by atoms with van der Waals surface area (Å²) in [5.41, 5.74) is 23.8. The van der Waals surface area contributed by atoms with E-state index < -0.39 is 0 Å². The van der Waals surface area contributed by atoms with E-state index in [0.29, 0.717) is 11.6 Å². The normalized spacial score (nSPS) is 14.1. The second kappa shape index (κ2) is 18.4. The lowest BCUT2D eigenvalue weighted by Crippen LogP contribution is -2.27. The number of fused-ring (bicyclic) bond motifs is 2. The summed E-state index contributed by atoms with van der Waals surface area (Å²) in [6, 6.07) is 82.0. The topological polar surface area (TPSA) is 87.2 Å². The van der Waals surface area contributed by atoms with Gasteiger partial charge in [0.1, 0.15) is 11.6 Å². The number of benzene rings is 9. The van der Waals surface area contributed by atoms with Crippen molar-refractivity contribution < 1.29 is 0 Å². The molecule has 4 aromatic heterocycles. The van der Waals surface area contributed by atoms with Crippen LogP contribution in [0.2, 0.25) is 0 Å². The molecule has 2 atom stereocenters. The number of para-hydroxylation sites is 4. The zero-order valence-corrected chi connectivity index (χ0v) is 43.1. The van der Waals surface area contributed by atoms with Crippen molar-refractivity contribution in [2.24, 2.45) is 0 Å². The van der Waals surface area contributed by atoms with E-state index in [0.717, 1.165) is 114 Å². The highest BCUT2D eigenvalue weighted by molar-refractivity contribution is 5.82. The quantitative estimate of drug-likeness (QED) is 0.136. The predicted molar refractivity (Wildman–Crippen MR) is 313 cm³/mol. The van der Waals surface area contributed by atoms with Crippen LogP contribution in [0.1, 0.15) is 70.7 Å². The van der Waals surface area contributed by atoms with E-state index >= 15 is 0 Å². The number of nitrogens with zero attached hydrogens (tertiary/aromatic N) is 8. The highest BCUT2D eigenvalue weighted by atomic mass is 15.1. The summed E-state index contributed by atoms with van der Waals surface area (Å²) in [5, 5.41) is 0. The van der Waals surface area contributed by atoms with Crippen molar-refractivity contribution in [2.75, 3.05) is 0 Å². The molecule has 13 aromatic rings. The first-order chi connectivity index (χ1) is 38.5. The van der Waals surface area contributed by atoms with Gasteiger partial charge in [-0.25, -0.2) is 29.9 Å². The fourth-order valence-electron chi connectivity index (χ4n) is 12.2. The Hall–Kier alpha value is -9.92. The molecule has 2 bridgehead atoms. The highest BCUT2D eigenvalue weighted by Crippen LogP contribution is 2.56. The molecule has 9 aromatic carbocycles. The Morgan fingerprint density at radius 3 is 1.03 bits per heavy atom. The summed E-state index contributed by atoms with van der Waals surface area (Å²) in [4.78, 5) is 31.2. The number of aromatic nitrogens is 8. The molecule has 3 aliphatic rings. The summed E-state index contributed by atoms with van der Waals surface area (Å²) in [6.07, 6.45) is 1.66. The Morgan fingerprint density at radius 1 is 0.295 bits per heavy atom. The fraction of sp³-hybridized carbons (Fsp3) is 0.0857. The van der Waals surface area contributed by atoms with Gasteiger partial charge in [0.15, 0.2) is 11.6 Å². The van der Waals surface area contributed by atoms with Crippen LogP contribution in [0, 0.1) is 0 Å². The van der Waals surface area contributed by atoms with Gasteiger partial charge in [0.05, 0.1) is 44.8 Å². The van der Waals surface area contributed by atoms with Crippen LogP contribution >= 0.6 is 0 Å². The van der Waals surface area contributed by atoms with Crippen molar-refractivity contribution in [3.8, 4) is 79.2 Å². The molecule has 2 unspecified atom stereocenters. The zero-order chi connectivity index (χ0) is 51.8. The first-order valence-electron chi connectivity index (χ1n) is 27.0. The standard InChI is InChI=1S/C70H50N8/c1-3-65-71-57-23-13-15-25-63(57)77(65)49-33-27-45(28-34-49)61-41-59(43-17-7-5-8-18-43)73-69(75-61)47-31-37-53-55(39-47)67-51-21-11-12-22-52(51)68(53)56-40-48(32-38-54(56)67)70-74-60(44-19-9-6-10-20-44)42-62(76-70)46-29-35-50(36-30-46)78-64-26-16-14-24-58(64)72-66(78)4-2/h5-42,67-68H,3-4H2,1-2H3. The Labute approximate surface area is 452 Å². The average molecular weight is 1000 g/mol. The molecule has 0 amide bonds. The van der Waals surface area contributed by atoms with E-state index in [9.17, 15) is 0 Å². The first-order valence-corrected chi connectivity index (χ1v) is 27.0. The maximum atomic E-state index is 5.36. The minimum atomic E-state index is 0.0216. The van der Waals surface area contributed by atoms with E-state index in [-0.39, 0.29) is 11.8 Å². The maximum Gasteiger partial charge on any atom is 0.160 e. The molecule has 8 heteroatoms. The van der Waals surface area contributed by atoms with E-state index in [1.54, 1.807) is 0 Å². The van der Waals surface area contributed by atoms with Crippen LogP contribution < -0.4 is 0 Å². The lowest BCUT2D eigenvalue weighted by Gasteiger charge is -2.42. The Balaban J connectivity index is 0.810. The molecule has 3 aliphatic carbocycles. The van der Waals surface area contributed by atoms with Gasteiger partial charge in [0, 0.05) is 69.4 Å². The van der Waals surface area contributed by atoms with Gasteiger partial charge >= 0.3 is 0 Å². The van der Waals surface area contributed by atoms with E-state index in [1.807, 2.05) is 24.3 Å². The number of hydrogen-bond donors (Lipinski definition) is 0. The third-order valence-electron chi connectivity index (χ3n) is 15.9. The van der Waals surface area contributed by atoms with Gasteiger partial charge in [-0.3, -0.25) is 9.13 Å². The second-order valence-corrected chi connectivity index (χ2v) is 20.3. The lowest BCUT2D eigenvalue weighted by atomic mass is 9.61. The molecule has 0 radical (unpaired) electrons. The molecule has 16 rings (SSSR count). The third kappa shape index (κ3) is 7.51. The van der Waals surface area contributed by atoms with Gasteiger partial charge in [0.25, 0.3) is 0 Å². The molecular weight excluding hydrogens is 953 g/mol. The largest absolute Gasteiger partial charge is 0.296 e. The minimum Gasteiger partial charge on any atom is -0.296 e. The van der Waals surface area contributed by atoms with Crippen molar-refractivity contribution in [3.63, 3.8) is 0 Å². The number of imidazole rings is 2. The summed E-state index contributed by atoms with van der Waals surface area (Å²) < 4.78 is 4.52. The molecule has 0 saturated heterocycles. The molecule has 78 heavy (non-hydrogen) atoms. The molecule has 0 aliphatic heterocycles. The van der Waals surface area contributed by atoms with Crippen LogP contribution in [-0.2, 0) is 12.8 Å². The van der Waals surface area contributed by atoms with Gasteiger partial charge in [-0.1, -0.05) is 172 Å². The van der Waals surface area contributed by atoms with Gasteiger partial charge in [-0.05, 0) is 106 Å². The van der Waals surface area contributed by atoms with Crippen LogP contribution in [0.5, 0.6) is 0 Å². The molecule has 8 nitrogen and oxygen atoms in total. The molecule has 4 heterocycles. The Kier molecular flexibility index (Phi) is 10.7. The van der Waals surface area contributed by atoms with Crippen molar-refractivity contribution in [2.45, 2.75) is 38.5 Å². The zero-order valence-electron chi connectivity index (χ0n) is 43.1. The molecule has 370 valence electrons. The Morgan fingerprint density at radius 2 is 0.628 bits per heavy atom. The van der Waals surface area contributed by atoms with E-state index in [4.69, 9.17) is 29.9 Å². The number of aryl methyl sites for hydroxylation is 2. The van der Waals surface area contributed by atoms with Gasteiger partial charge in [-0.2, -0.15) is 0 Å². The van der Waals surface area contributed by atoms with Crippen LogP contribution in [-0.4, -0.2) is 39.0 Å². The second-order valence-electron chi connectivity index (χ2n) is 20.3. The van der Waals surface area contributed by atoms with Gasteiger partial charge in [0.2, 0.25) is 0 Å². The van der Waals surface area contributed by atoms with Crippen molar-refractivity contribution >= 4 is 22.1 Å². The summed E-state index contributed by atoms with van der Waals surface area (Å²) >= 11 is 0. The SMILES string of the molecule is CCc1nc2ccccc2n1-c1ccc(-c2cc(-c3ccccc3)nc(-c3ccc4c(c3)C3c5ccccc5C4c4cc(-c5nc(-c6ccccc6)cc(-c6ccc(-n7c(CC)nc8ccccc87)cc6)n5)ccc43)n2)cc1. The summed E-state index contributed by atoms with van der Waals surface area (Å²) in [5.74, 6) is 3.50. The third-order valence-corrected chi connectivity index (χ3v) is 15.9. The van der Waals surface area contributed by atoms with E-state index in [1.165, 1.54) is 33.4 Å². The lowest BCUT2D eigenvalue weighted by molar-refractivity contribution is 0.754.